The van der Waals surface area contributed by atoms with E-state index in [9.17, 15) is 14.0 Å². The van der Waals surface area contributed by atoms with Crippen LogP contribution in [-0.4, -0.2) is 28.9 Å². The number of nitrogens with zero attached hydrogens (tertiary/aromatic N) is 4. The van der Waals surface area contributed by atoms with Gasteiger partial charge in [-0.1, -0.05) is 23.4 Å². The van der Waals surface area contributed by atoms with Crippen LogP contribution in [0, 0.1) is 19.7 Å². The van der Waals surface area contributed by atoms with Gasteiger partial charge in [-0.15, -0.1) is 0 Å². The zero-order valence-corrected chi connectivity index (χ0v) is 14.4. The standard InChI is InChI=1S/C19H17FN4O2/c1-11-3-8-15(9-12(11)2)24-18(25)16-17(19(24)26)23(22-21-16)10-13-4-6-14(20)7-5-13/h3-9,16-17H,10H2,1-2H3/t16-,17+/m1/s1. The average molecular weight is 352 g/mol. The van der Waals surface area contributed by atoms with Gasteiger partial charge in [-0.2, -0.15) is 5.11 Å². The van der Waals surface area contributed by atoms with Crippen LogP contribution in [0.25, 0.3) is 0 Å². The second-order valence-electron chi connectivity index (χ2n) is 6.60. The largest absolute Gasteiger partial charge is 0.271 e. The van der Waals surface area contributed by atoms with E-state index >= 15 is 0 Å². The molecule has 4 rings (SSSR count). The fourth-order valence-corrected chi connectivity index (χ4v) is 3.25. The molecule has 2 atom stereocenters. The van der Waals surface area contributed by atoms with Crippen LogP contribution in [0.4, 0.5) is 10.1 Å². The van der Waals surface area contributed by atoms with Crippen molar-refractivity contribution in [1.82, 2.24) is 5.01 Å². The Morgan fingerprint density at radius 3 is 2.42 bits per heavy atom. The van der Waals surface area contributed by atoms with Gasteiger partial charge >= 0.3 is 0 Å². The summed E-state index contributed by atoms with van der Waals surface area (Å²) in [4.78, 5) is 26.8. The average Bonchev–Trinajstić information content (AvgIpc) is 3.13. The van der Waals surface area contributed by atoms with Crippen molar-refractivity contribution in [3.05, 3.63) is 65.0 Å². The van der Waals surface area contributed by atoms with Crippen LogP contribution in [-0.2, 0) is 16.1 Å². The maximum absolute atomic E-state index is 13.1. The molecule has 2 amide bonds. The molecule has 0 radical (unpaired) electrons. The molecule has 26 heavy (non-hydrogen) atoms. The summed E-state index contributed by atoms with van der Waals surface area (Å²) in [7, 11) is 0. The molecule has 2 aliphatic heterocycles. The van der Waals surface area contributed by atoms with Crippen LogP contribution >= 0.6 is 0 Å². The van der Waals surface area contributed by atoms with Gasteiger partial charge in [0, 0.05) is 0 Å². The summed E-state index contributed by atoms with van der Waals surface area (Å²) in [5.74, 6) is -1.04. The summed E-state index contributed by atoms with van der Waals surface area (Å²) < 4.78 is 13.1. The molecule has 2 aromatic carbocycles. The second kappa shape index (κ2) is 6.01. The summed E-state index contributed by atoms with van der Waals surface area (Å²) in [6.45, 7) is 4.19. The van der Waals surface area contributed by atoms with Crippen LogP contribution in [0.5, 0.6) is 0 Å². The molecule has 2 aliphatic rings. The maximum atomic E-state index is 13.1. The molecule has 2 heterocycles. The van der Waals surface area contributed by atoms with Gasteiger partial charge in [0.05, 0.1) is 12.2 Å². The molecule has 132 valence electrons. The first-order valence-electron chi connectivity index (χ1n) is 8.32. The number of hydrogen-bond donors (Lipinski definition) is 0. The third kappa shape index (κ3) is 2.56. The predicted octanol–water partition coefficient (Wildman–Crippen LogP) is 2.94. The number of aryl methyl sites for hydroxylation is 2. The molecule has 1 fully saturated rings. The minimum atomic E-state index is -0.829. The van der Waals surface area contributed by atoms with Gasteiger partial charge < -0.3 is 0 Å². The summed E-state index contributed by atoms with van der Waals surface area (Å²) in [5.41, 5.74) is 3.43. The number of amides is 2. The molecule has 0 N–H and O–H groups in total. The smallest absolute Gasteiger partial charge is 0.263 e. The van der Waals surface area contributed by atoms with Crippen molar-refractivity contribution in [1.29, 1.82) is 0 Å². The third-order valence-corrected chi connectivity index (χ3v) is 4.86. The molecule has 7 heteroatoms. The van der Waals surface area contributed by atoms with E-state index in [2.05, 4.69) is 10.3 Å². The number of hydrogen-bond acceptors (Lipinski definition) is 5. The number of carbonyl (C=O) groups excluding carboxylic acids is 2. The van der Waals surface area contributed by atoms with Crippen LogP contribution < -0.4 is 4.90 Å². The zero-order valence-electron chi connectivity index (χ0n) is 14.4. The topological polar surface area (TPSA) is 65.3 Å². The lowest BCUT2D eigenvalue weighted by Gasteiger charge is -2.21. The molecule has 2 aromatic rings. The van der Waals surface area contributed by atoms with E-state index < -0.39 is 12.1 Å². The highest BCUT2D eigenvalue weighted by Gasteiger charge is 2.54. The number of benzene rings is 2. The molecule has 6 nitrogen and oxygen atoms in total. The molecule has 1 saturated heterocycles. The summed E-state index contributed by atoms with van der Waals surface area (Å²) in [5, 5.41) is 9.50. The Balaban J connectivity index is 1.60. The molecule has 0 saturated carbocycles. The van der Waals surface area contributed by atoms with Gasteiger partial charge in [0.1, 0.15) is 5.82 Å². The Hall–Kier alpha value is -3.09. The van der Waals surface area contributed by atoms with Gasteiger partial charge in [0.2, 0.25) is 0 Å². The molecule has 0 spiro atoms. The first-order chi connectivity index (χ1) is 12.5. The van der Waals surface area contributed by atoms with E-state index in [-0.39, 0.29) is 24.2 Å². The fraction of sp³-hybridized carbons (Fsp3) is 0.263. The van der Waals surface area contributed by atoms with E-state index in [1.54, 1.807) is 18.2 Å². The third-order valence-electron chi connectivity index (χ3n) is 4.86. The van der Waals surface area contributed by atoms with Gasteiger partial charge in [-0.25, -0.2) is 9.29 Å². The lowest BCUT2D eigenvalue weighted by molar-refractivity contribution is -0.123. The highest BCUT2D eigenvalue weighted by Crippen LogP contribution is 2.33. The minimum Gasteiger partial charge on any atom is -0.271 e. The highest BCUT2D eigenvalue weighted by atomic mass is 19.1. The van der Waals surface area contributed by atoms with Crippen molar-refractivity contribution in [3.8, 4) is 0 Å². The number of imide groups is 1. The van der Waals surface area contributed by atoms with Gasteiger partial charge in [0.25, 0.3) is 11.8 Å². The highest BCUT2D eigenvalue weighted by molar-refractivity contribution is 6.25. The van der Waals surface area contributed by atoms with E-state index in [4.69, 9.17) is 0 Å². The van der Waals surface area contributed by atoms with Crippen LogP contribution in [0.1, 0.15) is 16.7 Å². The van der Waals surface area contributed by atoms with Crippen molar-refractivity contribution in [2.24, 2.45) is 10.3 Å². The Morgan fingerprint density at radius 1 is 1.00 bits per heavy atom. The molecular weight excluding hydrogens is 335 g/mol. The number of halogens is 1. The summed E-state index contributed by atoms with van der Waals surface area (Å²) >= 11 is 0. The molecule has 0 unspecified atom stereocenters. The van der Waals surface area contributed by atoms with Crippen molar-refractivity contribution in [2.45, 2.75) is 32.5 Å². The summed E-state index contributed by atoms with van der Waals surface area (Å²) in [6.07, 6.45) is 0. The lowest BCUT2D eigenvalue weighted by Crippen LogP contribution is -2.39. The number of carbonyl (C=O) groups is 2. The number of fused-ring (bicyclic) bond motifs is 1. The van der Waals surface area contributed by atoms with Crippen molar-refractivity contribution in [3.63, 3.8) is 0 Å². The van der Waals surface area contributed by atoms with Crippen molar-refractivity contribution >= 4 is 17.5 Å². The first kappa shape index (κ1) is 16.4. The van der Waals surface area contributed by atoms with E-state index in [0.717, 1.165) is 16.7 Å². The Bertz CT molecular complexity index is 926. The Labute approximate surface area is 149 Å². The minimum absolute atomic E-state index is 0.282. The predicted molar refractivity (Wildman–Crippen MR) is 92.8 cm³/mol. The fourth-order valence-electron chi connectivity index (χ4n) is 3.25. The van der Waals surface area contributed by atoms with Crippen LogP contribution in [0.15, 0.2) is 52.8 Å². The zero-order chi connectivity index (χ0) is 18.4. The van der Waals surface area contributed by atoms with E-state index in [1.165, 1.54) is 22.0 Å². The number of anilines is 1. The second-order valence-corrected chi connectivity index (χ2v) is 6.60. The lowest BCUT2D eigenvalue weighted by atomic mass is 10.1. The molecule has 0 bridgehead atoms. The van der Waals surface area contributed by atoms with Gasteiger partial charge in [0.15, 0.2) is 12.1 Å². The maximum Gasteiger partial charge on any atom is 0.263 e. The SMILES string of the molecule is Cc1ccc(N2C(=O)[C@@H]3[C@@H](N=NN3Cc3ccc(F)cc3)C2=O)cc1C. The van der Waals surface area contributed by atoms with E-state index in [1.807, 2.05) is 26.0 Å². The van der Waals surface area contributed by atoms with Gasteiger partial charge in [-0.3, -0.25) is 14.6 Å². The molecule has 0 aliphatic carbocycles. The number of rotatable bonds is 3. The quantitative estimate of drug-likeness (QED) is 0.798. The Kier molecular flexibility index (Phi) is 3.79. The Morgan fingerprint density at radius 2 is 1.73 bits per heavy atom. The van der Waals surface area contributed by atoms with Gasteiger partial charge in [-0.05, 0) is 54.8 Å². The first-order valence-corrected chi connectivity index (χ1v) is 8.32. The molecule has 0 aromatic heterocycles. The van der Waals surface area contributed by atoms with Crippen LogP contribution in [0.2, 0.25) is 0 Å². The van der Waals surface area contributed by atoms with Crippen molar-refractivity contribution in [2.75, 3.05) is 4.90 Å². The normalized spacial score (nSPS) is 21.7. The van der Waals surface area contributed by atoms with E-state index in [0.29, 0.717) is 5.69 Å². The molecular formula is C19H17FN4O2. The van der Waals surface area contributed by atoms with Crippen LogP contribution in [0.3, 0.4) is 0 Å². The van der Waals surface area contributed by atoms with Crippen molar-refractivity contribution < 1.29 is 14.0 Å². The summed E-state index contributed by atoms with van der Waals surface area (Å²) in [6, 6.07) is 9.84. The monoisotopic (exact) mass is 352 g/mol.